The Morgan fingerprint density at radius 3 is 2.42 bits per heavy atom. The number of aliphatic imine (C=N–C) groups is 1. The van der Waals surface area contributed by atoms with Crippen LogP contribution < -0.4 is 10.6 Å². The molecule has 1 aromatic rings. The molecule has 2 rings (SSSR count). The number of guanidine groups is 1. The molecule has 1 fully saturated rings. The molecule has 1 atom stereocenters. The molecule has 1 aliphatic rings. The minimum Gasteiger partial charge on any atom is -0.444 e. The van der Waals surface area contributed by atoms with E-state index in [9.17, 15) is 4.79 Å². The van der Waals surface area contributed by atoms with Crippen LogP contribution in [0.2, 0.25) is 0 Å². The lowest BCUT2D eigenvalue weighted by molar-refractivity contribution is 0.0285. The van der Waals surface area contributed by atoms with Gasteiger partial charge in [-0.25, -0.2) is 9.79 Å². The number of hydrogen-bond donors (Lipinski definition) is 2. The summed E-state index contributed by atoms with van der Waals surface area (Å²) in [5.74, 6) is 0.853. The van der Waals surface area contributed by atoms with Crippen molar-refractivity contribution >= 4 is 36.0 Å². The lowest BCUT2D eigenvalue weighted by atomic mass is 10.1. The monoisotopic (exact) mass is 545 g/mol. The molecule has 0 saturated carbocycles. The average Bonchev–Trinajstić information content (AvgIpc) is 3.08. The number of ether oxygens (including phenoxy) is 1. The van der Waals surface area contributed by atoms with E-state index in [2.05, 4.69) is 41.6 Å². The maximum Gasteiger partial charge on any atom is 0.410 e. The van der Waals surface area contributed by atoms with Gasteiger partial charge >= 0.3 is 6.09 Å². The molecule has 1 heterocycles. The molecular weight excluding hydrogens is 505 g/mol. The number of halogens is 1. The third-order valence-electron chi connectivity index (χ3n) is 5.09. The Balaban J connectivity index is 0.00000480. The van der Waals surface area contributed by atoms with Crippen LogP contribution in [0.3, 0.4) is 0 Å². The summed E-state index contributed by atoms with van der Waals surface area (Å²) in [4.78, 5) is 20.8. The summed E-state index contributed by atoms with van der Waals surface area (Å²) in [6.07, 6.45) is 2.19. The first-order valence-electron chi connectivity index (χ1n) is 10.9. The molecule has 1 aromatic carbocycles. The zero-order valence-corrected chi connectivity index (χ0v) is 22.2. The summed E-state index contributed by atoms with van der Waals surface area (Å²) in [7, 11) is 3.94. The fourth-order valence-electron chi connectivity index (χ4n) is 3.39. The van der Waals surface area contributed by atoms with Crippen LogP contribution in [-0.2, 0) is 17.8 Å². The van der Waals surface area contributed by atoms with Crippen LogP contribution in [0, 0.1) is 0 Å². The van der Waals surface area contributed by atoms with Crippen LogP contribution in [0.5, 0.6) is 0 Å². The van der Waals surface area contributed by atoms with Gasteiger partial charge in [0.25, 0.3) is 0 Å². The highest BCUT2D eigenvalue weighted by atomic mass is 127. The molecule has 31 heavy (non-hydrogen) atoms. The Bertz CT molecular complexity index is 703. The standard InChI is InChI=1S/C23H39N5O2.HI/c1-7-24-21(26-16-20-9-8-14-27(20)5)25-15-18-10-12-19(13-11-18)17-28(6)22(29)30-23(2,3)4;/h10-13,20H,7-9,14-17H2,1-6H3,(H2,24,25,26);1H. The summed E-state index contributed by atoms with van der Waals surface area (Å²) < 4.78 is 5.40. The molecule has 0 radical (unpaired) electrons. The quantitative estimate of drug-likeness (QED) is 0.310. The van der Waals surface area contributed by atoms with E-state index in [0.717, 1.165) is 30.2 Å². The van der Waals surface area contributed by atoms with Crippen molar-refractivity contribution in [1.29, 1.82) is 0 Å². The van der Waals surface area contributed by atoms with Gasteiger partial charge in [-0.1, -0.05) is 24.3 Å². The van der Waals surface area contributed by atoms with Crippen molar-refractivity contribution in [1.82, 2.24) is 20.4 Å². The van der Waals surface area contributed by atoms with Gasteiger partial charge in [-0.2, -0.15) is 0 Å². The lowest BCUT2D eigenvalue weighted by Gasteiger charge is -2.24. The summed E-state index contributed by atoms with van der Waals surface area (Å²) in [5, 5.41) is 6.79. The first kappa shape index (κ1) is 27.5. The van der Waals surface area contributed by atoms with Crippen molar-refractivity contribution < 1.29 is 9.53 Å². The third kappa shape index (κ3) is 10.1. The first-order chi connectivity index (χ1) is 14.2. The van der Waals surface area contributed by atoms with Gasteiger partial charge in [-0.15, -0.1) is 24.0 Å². The topological polar surface area (TPSA) is 69.2 Å². The zero-order chi connectivity index (χ0) is 22.1. The normalized spacial score (nSPS) is 17.1. The highest BCUT2D eigenvalue weighted by Gasteiger charge is 2.21. The van der Waals surface area contributed by atoms with Gasteiger partial charge in [0.15, 0.2) is 5.96 Å². The number of carbonyl (C=O) groups is 1. The molecule has 1 saturated heterocycles. The Kier molecular flexibility index (Phi) is 11.6. The minimum absolute atomic E-state index is 0. The number of nitrogens with zero attached hydrogens (tertiary/aromatic N) is 3. The molecular formula is C23H40IN5O2. The lowest BCUT2D eigenvalue weighted by Crippen LogP contribution is -2.44. The Hall–Kier alpha value is -1.55. The molecule has 0 aliphatic carbocycles. The summed E-state index contributed by atoms with van der Waals surface area (Å²) in [6, 6.07) is 8.79. The number of benzene rings is 1. The van der Waals surface area contributed by atoms with E-state index in [1.165, 1.54) is 19.4 Å². The largest absolute Gasteiger partial charge is 0.444 e. The van der Waals surface area contributed by atoms with Crippen LogP contribution in [-0.4, -0.2) is 67.2 Å². The predicted molar refractivity (Wildman–Crippen MR) is 138 cm³/mol. The molecule has 2 N–H and O–H groups in total. The fourth-order valence-corrected chi connectivity index (χ4v) is 3.39. The number of nitrogens with one attached hydrogen (secondary N) is 2. The van der Waals surface area contributed by atoms with Gasteiger partial charge in [0, 0.05) is 32.7 Å². The molecule has 0 spiro atoms. The van der Waals surface area contributed by atoms with Gasteiger partial charge in [0.1, 0.15) is 5.60 Å². The van der Waals surface area contributed by atoms with E-state index < -0.39 is 5.60 Å². The molecule has 176 valence electrons. The number of likely N-dealkylation sites (N-methyl/N-ethyl adjacent to an activating group) is 1. The van der Waals surface area contributed by atoms with Gasteiger partial charge in [0.05, 0.1) is 6.54 Å². The van der Waals surface area contributed by atoms with Gasteiger partial charge in [-0.3, -0.25) is 0 Å². The van der Waals surface area contributed by atoms with Gasteiger partial charge < -0.3 is 25.2 Å². The van der Waals surface area contributed by atoms with E-state index in [4.69, 9.17) is 9.73 Å². The molecule has 0 bridgehead atoms. The maximum atomic E-state index is 12.1. The second-order valence-electron chi connectivity index (χ2n) is 9.01. The summed E-state index contributed by atoms with van der Waals surface area (Å²) >= 11 is 0. The van der Waals surface area contributed by atoms with Crippen molar-refractivity contribution in [2.45, 2.75) is 65.3 Å². The smallest absolute Gasteiger partial charge is 0.410 e. The minimum atomic E-state index is -0.487. The Morgan fingerprint density at radius 2 is 1.87 bits per heavy atom. The van der Waals surface area contributed by atoms with Gasteiger partial charge in [-0.05, 0) is 65.3 Å². The second-order valence-corrected chi connectivity index (χ2v) is 9.01. The molecule has 1 aliphatic heterocycles. The maximum absolute atomic E-state index is 12.1. The number of hydrogen-bond acceptors (Lipinski definition) is 4. The zero-order valence-electron chi connectivity index (χ0n) is 19.9. The van der Waals surface area contributed by atoms with E-state index in [1.807, 2.05) is 32.9 Å². The number of carbonyl (C=O) groups excluding carboxylic acids is 1. The van der Waals surface area contributed by atoms with E-state index >= 15 is 0 Å². The molecule has 8 heteroatoms. The SMILES string of the molecule is CCNC(=NCc1ccc(CN(C)C(=O)OC(C)(C)C)cc1)NCC1CCCN1C.I. The van der Waals surface area contributed by atoms with Crippen LogP contribution >= 0.6 is 24.0 Å². The van der Waals surface area contributed by atoms with Crippen molar-refractivity contribution in [3.05, 3.63) is 35.4 Å². The molecule has 1 amide bonds. The van der Waals surface area contributed by atoms with Crippen molar-refractivity contribution in [3.8, 4) is 0 Å². The van der Waals surface area contributed by atoms with Crippen LogP contribution in [0.4, 0.5) is 4.79 Å². The summed E-state index contributed by atoms with van der Waals surface area (Å²) in [6.45, 7) is 11.7. The van der Waals surface area contributed by atoms with E-state index in [-0.39, 0.29) is 30.1 Å². The Labute approximate surface area is 205 Å². The highest BCUT2D eigenvalue weighted by molar-refractivity contribution is 14.0. The average molecular weight is 546 g/mol. The molecule has 7 nitrogen and oxygen atoms in total. The highest BCUT2D eigenvalue weighted by Crippen LogP contribution is 2.14. The number of amides is 1. The second kappa shape index (κ2) is 13.1. The summed E-state index contributed by atoms with van der Waals surface area (Å²) in [5.41, 5.74) is 1.71. The van der Waals surface area contributed by atoms with E-state index in [1.54, 1.807) is 11.9 Å². The number of rotatable bonds is 7. The number of likely N-dealkylation sites (tertiary alicyclic amines) is 1. The molecule has 1 unspecified atom stereocenters. The Morgan fingerprint density at radius 1 is 1.23 bits per heavy atom. The van der Waals surface area contributed by atoms with Gasteiger partial charge in [0.2, 0.25) is 0 Å². The van der Waals surface area contributed by atoms with Crippen LogP contribution in [0.15, 0.2) is 29.3 Å². The van der Waals surface area contributed by atoms with Crippen molar-refractivity contribution in [2.75, 3.05) is 33.7 Å². The van der Waals surface area contributed by atoms with Crippen molar-refractivity contribution in [3.63, 3.8) is 0 Å². The van der Waals surface area contributed by atoms with Crippen LogP contribution in [0.25, 0.3) is 0 Å². The predicted octanol–water partition coefficient (Wildman–Crippen LogP) is 3.82. The van der Waals surface area contributed by atoms with Crippen LogP contribution in [0.1, 0.15) is 51.7 Å². The first-order valence-corrected chi connectivity index (χ1v) is 10.9. The fraction of sp³-hybridized carbons (Fsp3) is 0.652. The van der Waals surface area contributed by atoms with E-state index in [0.29, 0.717) is 19.1 Å². The van der Waals surface area contributed by atoms with Crippen molar-refractivity contribution in [2.24, 2.45) is 4.99 Å². The third-order valence-corrected chi connectivity index (χ3v) is 5.09. The molecule has 0 aromatic heterocycles.